The van der Waals surface area contributed by atoms with Crippen molar-refractivity contribution < 1.29 is 5.32 Å². The van der Waals surface area contributed by atoms with Crippen molar-refractivity contribution in [2.75, 3.05) is 6.54 Å². The monoisotopic (exact) mass is 190 g/mol. The fourth-order valence-electron chi connectivity index (χ4n) is 2.23. The van der Waals surface area contributed by atoms with E-state index in [1.54, 1.807) is 0 Å². The number of quaternary nitrogens is 1. The van der Waals surface area contributed by atoms with Crippen LogP contribution >= 0.6 is 0 Å². The summed E-state index contributed by atoms with van der Waals surface area (Å²) < 4.78 is 0. The second-order valence-electron chi connectivity index (χ2n) is 4.47. The summed E-state index contributed by atoms with van der Waals surface area (Å²) in [6.45, 7) is 3.48. The van der Waals surface area contributed by atoms with Gasteiger partial charge in [0.1, 0.15) is 0 Å². The Labute approximate surface area is 86.5 Å². The molecule has 0 unspecified atom stereocenters. The van der Waals surface area contributed by atoms with Crippen LogP contribution in [-0.2, 0) is 6.42 Å². The van der Waals surface area contributed by atoms with Gasteiger partial charge in [0.05, 0.1) is 12.6 Å². The van der Waals surface area contributed by atoms with E-state index in [1.165, 1.54) is 43.4 Å². The summed E-state index contributed by atoms with van der Waals surface area (Å²) in [5, 5.41) is 2.52. The van der Waals surface area contributed by atoms with E-state index in [4.69, 9.17) is 0 Å². The molecule has 0 aromatic heterocycles. The van der Waals surface area contributed by atoms with E-state index >= 15 is 0 Å². The van der Waals surface area contributed by atoms with Gasteiger partial charge in [-0.05, 0) is 31.7 Å². The standard InChI is InChI=1S/C13H19N/c1-11-5-7-12(8-6-11)10-13-4-2-3-9-14-13/h5-8,13-14H,2-4,9-10H2,1H3/p+1/t13-/m0/s1. The van der Waals surface area contributed by atoms with Gasteiger partial charge in [0, 0.05) is 6.42 Å². The lowest BCUT2D eigenvalue weighted by Gasteiger charge is -2.20. The SMILES string of the molecule is Cc1ccc(C[C@@H]2CCCC[NH2+]2)cc1. The van der Waals surface area contributed by atoms with Crippen LogP contribution in [-0.4, -0.2) is 12.6 Å². The number of hydrogen-bond donors (Lipinski definition) is 1. The van der Waals surface area contributed by atoms with Gasteiger partial charge in [0.15, 0.2) is 0 Å². The zero-order chi connectivity index (χ0) is 9.80. The van der Waals surface area contributed by atoms with Crippen LogP contribution in [0.25, 0.3) is 0 Å². The number of hydrogen-bond acceptors (Lipinski definition) is 0. The Kier molecular flexibility index (Phi) is 3.20. The Hall–Kier alpha value is -0.820. The molecule has 1 saturated heterocycles. The summed E-state index contributed by atoms with van der Waals surface area (Å²) in [6, 6.07) is 9.83. The summed E-state index contributed by atoms with van der Waals surface area (Å²) in [5.74, 6) is 0. The number of nitrogens with two attached hydrogens (primary N) is 1. The zero-order valence-corrected chi connectivity index (χ0v) is 9.00. The van der Waals surface area contributed by atoms with Crippen molar-refractivity contribution in [1.82, 2.24) is 0 Å². The molecule has 2 N–H and O–H groups in total. The molecule has 1 fully saturated rings. The first-order valence-corrected chi connectivity index (χ1v) is 5.73. The third-order valence-electron chi connectivity index (χ3n) is 3.15. The maximum absolute atomic E-state index is 2.52. The predicted octanol–water partition coefficient (Wildman–Crippen LogP) is 1.65. The van der Waals surface area contributed by atoms with Gasteiger partial charge < -0.3 is 5.32 Å². The molecule has 76 valence electrons. The summed E-state index contributed by atoms with van der Waals surface area (Å²) in [4.78, 5) is 0. The molecule has 1 atom stereocenters. The molecule has 0 saturated carbocycles. The average Bonchev–Trinajstić information content (AvgIpc) is 2.23. The zero-order valence-electron chi connectivity index (χ0n) is 9.00. The summed E-state index contributed by atoms with van der Waals surface area (Å²) >= 11 is 0. The third kappa shape index (κ3) is 2.58. The van der Waals surface area contributed by atoms with Gasteiger partial charge in [-0.25, -0.2) is 0 Å². The lowest BCUT2D eigenvalue weighted by Crippen LogP contribution is -2.91. The normalized spacial score (nSPS) is 22.2. The topological polar surface area (TPSA) is 16.6 Å². The highest BCUT2D eigenvalue weighted by atomic mass is 14.9. The van der Waals surface area contributed by atoms with Crippen LogP contribution in [0.2, 0.25) is 0 Å². The van der Waals surface area contributed by atoms with Crippen LogP contribution in [0.15, 0.2) is 24.3 Å². The Bertz CT molecular complexity index is 270. The highest BCUT2D eigenvalue weighted by Gasteiger charge is 2.16. The van der Waals surface area contributed by atoms with Crippen LogP contribution in [0.4, 0.5) is 0 Å². The van der Waals surface area contributed by atoms with Crippen LogP contribution in [0.1, 0.15) is 30.4 Å². The van der Waals surface area contributed by atoms with Crippen molar-refractivity contribution >= 4 is 0 Å². The highest BCUT2D eigenvalue weighted by Crippen LogP contribution is 2.09. The Morgan fingerprint density at radius 3 is 2.64 bits per heavy atom. The Balaban J connectivity index is 1.92. The molecular weight excluding hydrogens is 170 g/mol. The largest absolute Gasteiger partial charge is 0.344 e. The molecule has 0 bridgehead atoms. The van der Waals surface area contributed by atoms with Gasteiger partial charge in [-0.15, -0.1) is 0 Å². The lowest BCUT2D eigenvalue weighted by molar-refractivity contribution is -0.697. The summed E-state index contributed by atoms with van der Waals surface area (Å²) in [5.41, 5.74) is 2.86. The summed E-state index contributed by atoms with van der Waals surface area (Å²) in [6.07, 6.45) is 5.48. The van der Waals surface area contributed by atoms with E-state index in [0.29, 0.717) is 0 Å². The quantitative estimate of drug-likeness (QED) is 0.730. The van der Waals surface area contributed by atoms with Crippen molar-refractivity contribution in [3.63, 3.8) is 0 Å². The molecule has 0 amide bonds. The lowest BCUT2D eigenvalue weighted by atomic mass is 9.97. The van der Waals surface area contributed by atoms with Gasteiger partial charge in [-0.2, -0.15) is 0 Å². The number of rotatable bonds is 2. The molecule has 1 aromatic carbocycles. The Morgan fingerprint density at radius 2 is 2.00 bits per heavy atom. The van der Waals surface area contributed by atoms with E-state index in [2.05, 4.69) is 36.5 Å². The molecule has 1 aromatic rings. The molecule has 0 aliphatic carbocycles. The van der Waals surface area contributed by atoms with E-state index in [9.17, 15) is 0 Å². The third-order valence-corrected chi connectivity index (χ3v) is 3.15. The van der Waals surface area contributed by atoms with E-state index in [0.717, 1.165) is 6.04 Å². The van der Waals surface area contributed by atoms with Crippen molar-refractivity contribution in [2.45, 2.75) is 38.6 Å². The van der Waals surface area contributed by atoms with Gasteiger partial charge in [0.25, 0.3) is 0 Å². The molecule has 1 heterocycles. The minimum atomic E-state index is 0.839. The first kappa shape index (κ1) is 9.72. The first-order chi connectivity index (χ1) is 6.84. The molecule has 1 aliphatic rings. The maximum atomic E-state index is 2.52. The minimum Gasteiger partial charge on any atom is -0.344 e. The summed E-state index contributed by atoms with van der Waals surface area (Å²) in [7, 11) is 0. The minimum absolute atomic E-state index is 0.839. The van der Waals surface area contributed by atoms with Gasteiger partial charge >= 0.3 is 0 Å². The van der Waals surface area contributed by atoms with Crippen molar-refractivity contribution in [3.05, 3.63) is 35.4 Å². The molecule has 1 aliphatic heterocycles. The van der Waals surface area contributed by atoms with E-state index in [1.807, 2.05) is 0 Å². The predicted molar refractivity (Wildman–Crippen MR) is 59.3 cm³/mol. The molecular formula is C13H20N+. The van der Waals surface area contributed by atoms with E-state index in [-0.39, 0.29) is 0 Å². The van der Waals surface area contributed by atoms with Crippen LogP contribution in [0.3, 0.4) is 0 Å². The van der Waals surface area contributed by atoms with Gasteiger partial charge in [0.2, 0.25) is 0 Å². The second kappa shape index (κ2) is 4.61. The first-order valence-electron chi connectivity index (χ1n) is 5.73. The second-order valence-corrected chi connectivity index (χ2v) is 4.47. The number of benzene rings is 1. The molecule has 0 radical (unpaired) electrons. The van der Waals surface area contributed by atoms with Gasteiger partial charge in [-0.3, -0.25) is 0 Å². The van der Waals surface area contributed by atoms with Gasteiger partial charge in [-0.1, -0.05) is 29.8 Å². The molecule has 1 nitrogen and oxygen atoms in total. The molecule has 0 spiro atoms. The van der Waals surface area contributed by atoms with Crippen molar-refractivity contribution in [1.29, 1.82) is 0 Å². The average molecular weight is 190 g/mol. The number of piperidine rings is 1. The fraction of sp³-hybridized carbons (Fsp3) is 0.538. The fourth-order valence-corrected chi connectivity index (χ4v) is 2.23. The molecule has 2 rings (SSSR count). The van der Waals surface area contributed by atoms with Crippen LogP contribution < -0.4 is 5.32 Å². The maximum Gasteiger partial charge on any atom is 0.0900 e. The van der Waals surface area contributed by atoms with Crippen LogP contribution in [0, 0.1) is 6.92 Å². The smallest absolute Gasteiger partial charge is 0.0900 e. The van der Waals surface area contributed by atoms with Crippen molar-refractivity contribution in [3.8, 4) is 0 Å². The van der Waals surface area contributed by atoms with Crippen LogP contribution in [0.5, 0.6) is 0 Å². The highest BCUT2D eigenvalue weighted by molar-refractivity contribution is 5.21. The molecule has 1 heteroatoms. The van der Waals surface area contributed by atoms with Crippen molar-refractivity contribution in [2.24, 2.45) is 0 Å². The van der Waals surface area contributed by atoms with E-state index < -0.39 is 0 Å². The number of aryl methyl sites for hydroxylation is 1. The Morgan fingerprint density at radius 1 is 1.21 bits per heavy atom. The molecule has 14 heavy (non-hydrogen) atoms.